The highest BCUT2D eigenvalue weighted by Crippen LogP contribution is 2.31. The van der Waals surface area contributed by atoms with Gasteiger partial charge in [0.15, 0.2) is 0 Å². The summed E-state index contributed by atoms with van der Waals surface area (Å²) in [5.41, 5.74) is 9.65. The zero-order valence-corrected chi connectivity index (χ0v) is 24.0. The molecule has 0 unspecified atom stereocenters. The lowest BCUT2D eigenvalue weighted by molar-refractivity contribution is -0.139. The number of nitrogens with two attached hydrogens (primary N) is 1. The molecule has 4 fully saturated rings. The standard InChI is InChI=1S/C10H17N3O7S.C9H16N4O7S/c1-2-5-19-11-9(14)8-4-3-7-6-12(8)10(15)13(7)20-21(16,17)18;10-3-4-19-11-8(14)7-2-1-6-5-12(7)9(15)13(6)20-21(16,17)18/h7-8H,2-6H2,1H3,(H,11,14)(H,16,17,18);6-7H,1-5,10H2,(H,11,14)(H,16,17,18)/t7-,8+;6-,7+/m11/s1. The minimum Gasteiger partial charge on any atom is -0.328 e. The molecule has 0 aromatic carbocycles. The maximum Gasteiger partial charge on any atom is 0.418 e. The fraction of sp³-hybridized carbons (Fsp3) is 0.789. The largest absolute Gasteiger partial charge is 0.418 e. The Bertz CT molecular complexity index is 1140. The van der Waals surface area contributed by atoms with Crippen LogP contribution in [0.15, 0.2) is 0 Å². The highest BCUT2D eigenvalue weighted by molar-refractivity contribution is 7.81. The van der Waals surface area contributed by atoms with Crippen molar-refractivity contribution in [3.63, 3.8) is 0 Å². The Balaban J connectivity index is 0.000000230. The van der Waals surface area contributed by atoms with Crippen LogP contribution in [0.25, 0.3) is 0 Å². The second kappa shape index (κ2) is 14.0. The zero-order valence-electron chi connectivity index (χ0n) is 22.4. The van der Waals surface area contributed by atoms with Gasteiger partial charge in [0.25, 0.3) is 11.8 Å². The maximum absolute atomic E-state index is 12.0. The van der Waals surface area contributed by atoms with E-state index in [1.165, 1.54) is 9.80 Å². The quantitative estimate of drug-likeness (QED) is 0.0828. The molecule has 240 valence electrons. The number of nitrogens with zero attached hydrogens (tertiary/aromatic N) is 4. The number of hydroxylamine groups is 6. The number of hydrogen-bond acceptors (Lipinski definition) is 13. The van der Waals surface area contributed by atoms with E-state index in [4.69, 9.17) is 24.5 Å². The maximum atomic E-state index is 12.0. The van der Waals surface area contributed by atoms with Gasteiger partial charge >= 0.3 is 32.9 Å². The fourth-order valence-corrected chi connectivity index (χ4v) is 5.53. The fourth-order valence-electron chi connectivity index (χ4n) is 4.75. The number of hydrogen-bond donors (Lipinski definition) is 5. The third kappa shape index (κ3) is 8.57. The Labute approximate surface area is 240 Å². The second-order valence-corrected chi connectivity index (χ2v) is 11.4. The van der Waals surface area contributed by atoms with Gasteiger partial charge in [0.05, 0.1) is 25.3 Å². The minimum atomic E-state index is -4.80. The molecule has 0 spiro atoms. The zero-order chi connectivity index (χ0) is 31.2. The van der Waals surface area contributed by atoms with Crippen molar-refractivity contribution in [2.24, 2.45) is 5.73 Å². The first-order chi connectivity index (χ1) is 19.7. The van der Waals surface area contributed by atoms with Crippen molar-refractivity contribution in [2.45, 2.75) is 63.2 Å². The molecular weight excluding hydrogens is 614 g/mol. The van der Waals surface area contributed by atoms with E-state index in [0.29, 0.717) is 42.4 Å². The van der Waals surface area contributed by atoms with Gasteiger partial charge in [0.1, 0.15) is 12.1 Å². The molecule has 6 N–H and O–H groups in total. The molecule has 4 aliphatic heterocycles. The first-order valence-corrected chi connectivity index (χ1v) is 15.5. The first kappa shape index (κ1) is 33.6. The van der Waals surface area contributed by atoms with Crippen LogP contribution in [0.5, 0.6) is 0 Å². The van der Waals surface area contributed by atoms with Crippen LogP contribution >= 0.6 is 0 Å². The minimum absolute atomic E-state index is 0.128. The van der Waals surface area contributed by atoms with Gasteiger partial charge in [-0.25, -0.2) is 20.5 Å². The average Bonchev–Trinajstić information content (AvgIpc) is 3.27. The van der Waals surface area contributed by atoms with Crippen molar-refractivity contribution in [2.75, 3.05) is 32.8 Å². The molecule has 0 saturated carbocycles. The third-order valence-corrected chi connectivity index (χ3v) is 7.17. The van der Waals surface area contributed by atoms with E-state index in [0.717, 1.165) is 6.42 Å². The van der Waals surface area contributed by atoms with E-state index in [1.54, 1.807) is 0 Å². The lowest BCUT2D eigenvalue weighted by Crippen LogP contribution is -2.49. The predicted molar refractivity (Wildman–Crippen MR) is 134 cm³/mol. The summed E-state index contributed by atoms with van der Waals surface area (Å²) in [6, 6.07) is -4.16. The van der Waals surface area contributed by atoms with Crippen molar-refractivity contribution >= 4 is 44.7 Å². The van der Waals surface area contributed by atoms with Crippen molar-refractivity contribution < 1.29 is 63.4 Å². The molecule has 23 heteroatoms. The summed E-state index contributed by atoms with van der Waals surface area (Å²) in [5.74, 6) is -0.993. The molecule has 4 aliphatic rings. The molecule has 4 atom stereocenters. The highest BCUT2D eigenvalue weighted by Gasteiger charge is 2.50. The van der Waals surface area contributed by atoms with E-state index < -0.39 is 68.8 Å². The normalized spacial score (nSPS) is 25.3. The summed E-state index contributed by atoms with van der Waals surface area (Å²) < 4.78 is 68.7. The lowest BCUT2D eigenvalue weighted by Gasteiger charge is -2.28. The SMILES string of the molecule is CCCONC(=O)[C@@H]1CC[C@@H]2CN1C(=O)N2OS(=O)(=O)O.NCCONC(=O)[C@@H]1CC[C@@H]2CN1C(=O)N2OS(=O)(=O)O. The molecule has 0 radical (unpaired) electrons. The molecule has 4 rings (SSSR count). The Kier molecular flexibility index (Phi) is 11.2. The molecule has 6 amide bonds. The molecule has 4 saturated heterocycles. The highest BCUT2D eigenvalue weighted by atomic mass is 32.3. The number of amides is 6. The predicted octanol–water partition coefficient (Wildman–Crippen LogP) is -2.56. The van der Waals surface area contributed by atoms with E-state index in [9.17, 15) is 36.0 Å². The van der Waals surface area contributed by atoms with Gasteiger partial charge in [-0.1, -0.05) is 6.92 Å². The van der Waals surface area contributed by atoms with Crippen molar-refractivity contribution in [1.82, 2.24) is 30.9 Å². The van der Waals surface area contributed by atoms with Gasteiger partial charge in [-0.05, 0) is 32.1 Å². The van der Waals surface area contributed by atoms with E-state index in [1.807, 2.05) is 6.92 Å². The number of carbonyl (C=O) groups is 4. The first-order valence-electron chi connectivity index (χ1n) is 12.7. The van der Waals surface area contributed by atoms with Crippen molar-refractivity contribution in [3.05, 3.63) is 0 Å². The second-order valence-electron chi connectivity index (χ2n) is 9.44. The van der Waals surface area contributed by atoms with Gasteiger partial charge in [0, 0.05) is 19.6 Å². The Morgan fingerprint density at radius 2 is 1.21 bits per heavy atom. The topological polar surface area (TPSA) is 277 Å². The summed E-state index contributed by atoms with van der Waals surface area (Å²) in [6.45, 7) is 2.88. The van der Waals surface area contributed by atoms with Crippen LogP contribution in [-0.2, 0) is 48.6 Å². The monoisotopic (exact) mass is 647 g/mol. The number of carbonyl (C=O) groups excluding carboxylic acids is 4. The van der Waals surface area contributed by atoms with Crippen molar-refractivity contribution in [1.29, 1.82) is 0 Å². The van der Waals surface area contributed by atoms with Crippen LogP contribution in [0.1, 0.15) is 39.0 Å². The number of nitrogens with one attached hydrogen (secondary N) is 2. The molecular formula is C19H33N7O14S2. The van der Waals surface area contributed by atoms with Crippen LogP contribution in [0.3, 0.4) is 0 Å². The molecule has 21 nitrogen and oxygen atoms in total. The Morgan fingerprint density at radius 3 is 1.57 bits per heavy atom. The van der Waals surface area contributed by atoms with Crippen LogP contribution < -0.4 is 16.7 Å². The van der Waals surface area contributed by atoms with Crippen LogP contribution in [0.2, 0.25) is 0 Å². The van der Waals surface area contributed by atoms with Gasteiger partial charge in [-0.2, -0.15) is 27.0 Å². The number of rotatable bonds is 12. The summed E-state index contributed by atoms with van der Waals surface area (Å²) in [5, 5.41) is 1.17. The number of fused-ring (bicyclic) bond motifs is 4. The summed E-state index contributed by atoms with van der Waals surface area (Å²) in [4.78, 5) is 60.0. The molecule has 4 heterocycles. The van der Waals surface area contributed by atoms with Gasteiger partial charge in [-0.15, -0.1) is 8.57 Å². The average molecular weight is 648 g/mol. The Morgan fingerprint density at radius 1 is 0.810 bits per heavy atom. The summed E-state index contributed by atoms with van der Waals surface area (Å²) in [6.07, 6.45) is 2.13. The van der Waals surface area contributed by atoms with E-state index in [2.05, 4.69) is 19.5 Å². The van der Waals surface area contributed by atoms with Gasteiger partial charge < -0.3 is 15.5 Å². The van der Waals surface area contributed by atoms with E-state index >= 15 is 0 Å². The van der Waals surface area contributed by atoms with Crippen molar-refractivity contribution in [3.8, 4) is 0 Å². The molecule has 4 bridgehead atoms. The van der Waals surface area contributed by atoms with Gasteiger partial charge in [-0.3, -0.25) is 28.4 Å². The van der Waals surface area contributed by atoms with Crippen LogP contribution in [-0.4, -0.2) is 127 Å². The van der Waals surface area contributed by atoms with Crippen LogP contribution in [0, 0.1) is 0 Å². The summed E-state index contributed by atoms with van der Waals surface area (Å²) in [7, 11) is -9.58. The molecule has 0 aromatic rings. The number of urea groups is 2. The Hall–Kier alpha value is -2.90. The third-order valence-electron chi connectivity index (χ3n) is 6.47. The van der Waals surface area contributed by atoms with Crippen LogP contribution in [0.4, 0.5) is 9.59 Å². The summed E-state index contributed by atoms with van der Waals surface area (Å²) >= 11 is 0. The van der Waals surface area contributed by atoms with Gasteiger partial charge in [0.2, 0.25) is 0 Å². The smallest absolute Gasteiger partial charge is 0.328 e. The number of piperidine rings is 2. The van der Waals surface area contributed by atoms with E-state index in [-0.39, 0.29) is 26.2 Å². The molecule has 0 aromatic heterocycles. The molecule has 0 aliphatic carbocycles. The lowest BCUT2D eigenvalue weighted by atomic mass is 10.0. The molecule has 42 heavy (non-hydrogen) atoms.